The number of aryl methyl sites for hydroxylation is 1. The lowest BCUT2D eigenvalue weighted by molar-refractivity contribution is 1.17. The van der Waals surface area contributed by atoms with Crippen LogP contribution in [0.25, 0.3) is 94.3 Å². The van der Waals surface area contributed by atoms with Crippen molar-refractivity contribution in [1.82, 2.24) is 24.5 Å². The molecule has 5 aromatic heterocycles. The molecule has 0 radical (unpaired) electrons. The second kappa shape index (κ2) is 14.0. The van der Waals surface area contributed by atoms with Crippen molar-refractivity contribution in [3.63, 3.8) is 0 Å². The van der Waals surface area contributed by atoms with E-state index >= 15 is 0 Å². The van der Waals surface area contributed by atoms with Gasteiger partial charge in [0.15, 0.2) is 0 Å². The standard InChI is InChI=1S/C51H35N5/c1-34-2-6-47(7-3-34)56-50-8-4-39(45-28-41(35-10-18-52-19-11-35)26-42(29-45)36-12-20-53-21-13-36)32-48(50)49-33-40(5-9-51(49)56)46-30-43(37-14-22-54-23-15-37)27-44(31-46)38-16-24-55-25-17-38/h2-33H,1H3. The van der Waals surface area contributed by atoms with Crippen molar-refractivity contribution in [3.05, 3.63) is 201 Å². The maximum Gasteiger partial charge on any atom is 0.0541 e. The summed E-state index contributed by atoms with van der Waals surface area (Å²) >= 11 is 0. The molecule has 0 unspecified atom stereocenters. The highest BCUT2D eigenvalue weighted by Crippen LogP contribution is 2.40. The second-order valence-corrected chi connectivity index (χ2v) is 14.2. The smallest absolute Gasteiger partial charge is 0.0541 e. The minimum absolute atomic E-state index is 1.12. The van der Waals surface area contributed by atoms with Crippen LogP contribution < -0.4 is 0 Å². The highest BCUT2D eigenvalue weighted by Gasteiger charge is 2.17. The maximum atomic E-state index is 4.28. The first kappa shape index (κ1) is 33.1. The van der Waals surface area contributed by atoms with Gasteiger partial charge in [-0.05, 0) is 195 Å². The molecule has 0 spiro atoms. The van der Waals surface area contributed by atoms with Gasteiger partial charge in [0.25, 0.3) is 0 Å². The molecule has 0 fully saturated rings. The third-order valence-electron chi connectivity index (χ3n) is 10.6. The van der Waals surface area contributed by atoms with E-state index in [1.54, 1.807) is 0 Å². The number of rotatable bonds is 7. The summed E-state index contributed by atoms with van der Waals surface area (Å²) in [5.41, 5.74) is 18.3. The molecule has 5 heteroatoms. The Kier molecular flexibility index (Phi) is 8.30. The quantitative estimate of drug-likeness (QED) is 0.165. The third-order valence-corrected chi connectivity index (χ3v) is 10.6. The molecule has 0 N–H and O–H groups in total. The van der Waals surface area contributed by atoms with Crippen molar-refractivity contribution >= 4 is 21.8 Å². The van der Waals surface area contributed by atoms with E-state index in [0.29, 0.717) is 0 Å². The molecule has 0 aliphatic rings. The Morgan fingerprint density at radius 3 is 0.911 bits per heavy atom. The zero-order valence-corrected chi connectivity index (χ0v) is 30.7. The van der Waals surface area contributed by atoms with Gasteiger partial charge in [0.2, 0.25) is 0 Å². The van der Waals surface area contributed by atoms with Crippen LogP contribution in [0.4, 0.5) is 0 Å². The Labute approximate surface area is 325 Å². The van der Waals surface area contributed by atoms with Crippen LogP contribution >= 0.6 is 0 Å². The van der Waals surface area contributed by atoms with Gasteiger partial charge in [-0.2, -0.15) is 0 Å². The van der Waals surface area contributed by atoms with E-state index in [2.05, 4.69) is 177 Å². The molecule has 5 nitrogen and oxygen atoms in total. The van der Waals surface area contributed by atoms with Crippen molar-refractivity contribution < 1.29 is 0 Å². The molecule has 5 heterocycles. The van der Waals surface area contributed by atoms with Gasteiger partial charge in [-0.3, -0.25) is 19.9 Å². The van der Waals surface area contributed by atoms with Crippen LogP contribution in [0.3, 0.4) is 0 Å². The molecular formula is C51H35N5. The average molecular weight is 718 g/mol. The van der Waals surface area contributed by atoms with Gasteiger partial charge in [-0.25, -0.2) is 0 Å². The fraction of sp³-hybridized carbons (Fsp3) is 0.0196. The second-order valence-electron chi connectivity index (χ2n) is 14.2. The van der Waals surface area contributed by atoms with E-state index in [1.165, 1.54) is 16.3 Å². The number of fused-ring (bicyclic) bond motifs is 3. The third kappa shape index (κ3) is 6.21. The predicted molar refractivity (Wildman–Crippen MR) is 229 cm³/mol. The molecule has 264 valence electrons. The number of hydrogen-bond donors (Lipinski definition) is 0. The fourth-order valence-electron chi connectivity index (χ4n) is 7.79. The van der Waals surface area contributed by atoms with E-state index < -0.39 is 0 Å². The summed E-state index contributed by atoms with van der Waals surface area (Å²) < 4.78 is 2.39. The molecule has 5 aromatic carbocycles. The SMILES string of the molecule is Cc1ccc(-n2c3ccc(-c4cc(-c5ccncc5)cc(-c5ccncc5)c4)cc3c3cc(-c4cc(-c5ccncc5)cc(-c5ccncc5)c4)ccc32)cc1. The molecule has 0 saturated heterocycles. The Hall–Kier alpha value is -7.50. The number of pyridine rings is 4. The van der Waals surface area contributed by atoms with Gasteiger partial charge in [-0.15, -0.1) is 0 Å². The van der Waals surface area contributed by atoms with E-state index in [4.69, 9.17) is 0 Å². The van der Waals surface area contributed by atoms with Crippen LogP contribution in [0, 0.1) is 6.92 Å². The maximum absolute atomic E-state index is 4.28. The van der Waals surface area contributed by atoms with Crippen LogP contribution in [0.2, 0.25) is 0 Å². The summed E-state index contributed by atoms with van der Waals surface area (Å²) in [4.78, 5) is 17.1. The summed E-state index contributed by atoms with van der Waals surface area (Å²) in [5, 5.41) is 2.39. The highest BCUT2D eigenvalue weighted by atomic mass is 15.0. The number of nitrogens with zero attached hydrogens (tertiary/aromatic N) is 5. The van der Waals surface area contributed by atoms with Gasteiger partial charge in [-0.1, -0.05) is 29.8 Å². The highest BCUT2D eigenvalue weighted by molar-refractivity contribution is 6.12. The van der Waals surface area contributed by atoms with Crippen LogP contribution in [0.15, 0.2) is 195 Å². The number of benzene rings is 5. The molecule has 0 atom stereocenters. The topological polar surface area (TPSA) is 56.5 Å². The predicted octanol–water partition coefficient (Wildman–Crippen LogP) is 12.7. The summed E-state index contributed by atoms with van der Waals surface area (Å²) in [6.45, 7) is 2.13. The monoisotopic (exact) mass is 717 g/mol. The van der Waals surface area contributed by atoms with Gasteiger partial charge in [0, 0.05) is 66.0 Å². The molecule has 10 rings (SSSR count). The summed E-state index contributed by atoms with van der Waals surface area (Å²) in [5.74, 6) is 0. The number of hydrogen-bond acceptors (Lipinski definition) is 4. The van der Waals surface area contributed by atoms with Gasteiger partial charge < -0.3 is 4.57 Å². The lowest BCUT2D eigenvalue weighted by Gasteiger charge is -2.12. The van der Waals surface area contributed by atoms with Gasteiger partial charge >= 0.3 is 0 Å². The molecule has 0 bridgehead atoms. The zero-order chi connectivity index (χ0) is 37.4. The fourth-order valence-corrected chi connectivity index (χ4v) is 7.79. The normalized spacial score (nSPS) is 11.3. The molecule has 0 aliphatic carbocycles. The van der Waals surface area contributed by atoms with Crippen LogP contribution in [-0.4, -0.2) is 24.5 Å². The largest absolute Gasteiger partial charge is 0.309 e. The summed E-state index contributed by atoms with van der Waals surface area (Å²) in [6, 6.07) is 52.8. The molecule has 0 aliphatic heterocycles. The summed E-state index contributed by atoms with van der Waals surface area (Å²) in [6.07, 6.45) is 14.8. The van der Waals surface area contributed by atoms with Crippen LogP contribution in [0.5, 0.6) is 0 Å². The average Bonchev–Trinajstić information content (AvgIpc) is 3.60. The van der Waals surface area contributed by atoms with Crippen LogP contribution in [-0.2, 0) is 0 Å². The minimum Gasteiger partial charge on any atom is -0.309 e. The first-order chi connectivity index (χ1) is 27.6. The van der Waals surface area contributed by atoms with Crippen molar-refractivity contribution in [2.75, 3.05) is 0 Å². The van der Waals surface area contributed by atoms with Crippen molar-refractivity contribution in [2.45, 2.75) is 6.92 Å². The Morgan fingerprint density at radius 1 is 0.286 bits per heavy atom. The first-order valence-electron chi connectivity index (χ1n) is 18.7. The van der Waals surface area contributed by atoms with Gasteiger partial charge in [0.1, 0.15) is 0 Å². The van der Waals surface area contributed by atoms with Crippen LogP contribution in [0.1, 0.15) is 5.56 Å². The Morgan fingerprint density at radius 2 is 0.589 bits per heavy atom. The zero-order valence-electron chi connectivity index (χ0n) is 30.7. The molecule has 10 aromatic rings. The molecule has 56 heavy (non-hydrogen) atoms. The van der Waals surface area contributed by atoms with Crippen molar-refractivity contribution in [3.8, 4) is 72.4 Å². The Bertz CT molecular complexity index is 2690. The molecular weight excluding hydrogens is 683 g/mol. The van der Waals surface area contributed by atoms with E-state index in [0.717, 1.165) is 83.5 Å². The lowest BCUT2D eigenvalue weighted by atomic mass is 9.92. The Balaban J connectivity index is 1.20. The minimum atomic E-state index is 1.12. The van der Waals surface area contributed by atoms with Gasteiger partial charge in [0.05, 0.1) is 11.0 Å². The number of aromatic nitrogens is 5. The lowest BCUT2D eigenvalue weighted by Crippen LogP contribution is -1.94. The molecule has 0 amide bonds. The van der Waals surface area contributed by atoms with Crippen molar-refractivity contribution in [2.24, 2.45) is 0 Å². The van der Waals surface area contributed by atoms with E-state index in [1.807, 2.05) is 49.6 Å². The van der Waals surface area contributed by atoms with E-state index in [9.17, 15) is 0 Å². The van der Waals surface area contributed by atoms with E-state index in [-0.39, 0.29) is 0 Å². The summed E-state index contributed by atoms with van der Waals surface area (Å²) in [7, 11) is 0. The van der Waals surface area contributed by atoms with Crippen molar-refractivity contribution in [1.29, 1.82) is 0 Å². The first-order valence-corrected chi connectivity index (χ1v) is 18.7. The molecule has 0 saturated carbocycles.